The van der Waals surface area contributed by atoms with E-state index in [1.807, 2.05) is 50.8 Å². The second-order valence-corrected chi connectivity index (χ2v) is 8.85. The zero-order valence-electron chi connectivity index (χ0n) is 19.5. The summed E-state index contributed by atoms with van der Waals surface area (Å²) in [5.74, 6) is 1.42. The summed E-state index contributed by atoms with van der Waals surface area (Å²) in [5, 5.41) is 6.56. The molecule has 2 N–H and O–H groups in total. The molecule has 0 aliphatic carbocycles. The SMILES string of the molecule is CNCc1nc(N(C)C(C)C)cc2c1CN(c1cccc(-c3cncc4c3CCN4)n1)C2=O. The average molecular weight is 444 g/mol. The largest absolute Gasteiger partial charge is 0.383 e. The van der Waals surface area contributed by atoms with Crippen LogP contribution >= 0.6 is 0 Å². The zero-order valence-corrected chi connectivity index (χ0v) is 19.5. The van der Waals surface area contributed by atoms with Crippen molar-refractivity contribution < 1.29 is 4.79 Å². The van der Waals surface area contributed by atoms with Crippen molar-refractivity contribution in [1.29, 1.82) is 0 Å². The molecule has 33 heavy (non-hydrogen) atoms. The van der Waals surface area contributed by atoms with Crippen LogP contribution in [-0.4, -0.2) is 47.5 Å². The molecule has 8 nitrogen and oxygen atoms in total. The minimum absolute atomic E-state index is 0.0362. The predicted octanol–water partition coefficient (Wildman–Crippen LogP) is 3.23. The Labute approximate surface area is 194 Å². The summed E-state index contributed by atoms with van der Waals surface area (Å²) < 4.78 is 0. The monoisotopic (exact) mass is 443 g/mol. The highest BCUT2D eigenvalue weighted by Crippen LogP contribution is 2.35. The highest BCUT2D eigenvalue weighted by molar-refractivity contribution is 6.10. The molecule has 0 atom stereocenters. The molecule has 0 saturated carbocycles. The van der Waals surface area contributed by atoms with Crippen LogP contribution in [0, 0.1) is 0 Å². The number of nitrogens with one attached hydrogen (secondary N) is 2. The van der Waals surface area contributed by atoms with E-state index in [0.717, 1.165) is 47.0 Å². The van der Waals surface area contributed by atoms with E-state index in [1.54, 1.807) is 4.90 Å². The van der Waals surface area contributed by atoms with Gasteiger partial charge in [0.05, 0.1) is 35.4 Å². The van der Waals surface area contributed by atoms with Crippen LogP contribution in [0.15, 0.2) is 36.7 Å². The maximum absolute atomic E-state index is 13.5. The number of aromatic nitrogens is 3. The topological polar surface area (TPSA) is 86.3 Å². The van der Waals surface area contributed by atoms with Crippen molar-refractivity contribution in [2.45, 2.75) is 39.4 Å². The van der Waals surface area contributed by atoms with Gasteiger partial charge in [-0.3, -0.25) is 14.7 Å². The number of nitrogens with zero attached hydrogens (tertiary/aromatic N) is 5. The van der Waals surface area contributed by atoms with E-state index < -0.39 is 0 Å². The lowest BCUT2D eigenvalue weighted by atomic mass is 10.0. The number of carbonyl (C=O) groups excluding carboxylic acids is 1. The van der Waals surface area contributed by atoms with Gasteiger partial charge in [0, 0.05) is 43.5 Å². The van der Waals surface area contributed by atoms with Crippen molar-refractivity contribution in [3.63, 3.8) is 0 Å². The number of amides is 1. The van der Waals surface area contributed by atoms with E-state index in [-0.39, 0.29) is 11.9 Å². The smallest absolute Gasteiger partial charge is 0.260 e. The summed E-state index contributed by atoms with van der Waals surface area (Å²) in [6.45, 7) is 6.20. The van der Waals surface area contributed by atoms with E-state index >= 15 is 0 Å². The molecule has 0 fully saturated rings. The second kappa shape index (κ2) is 8.44. The van der Waals surface area contributed by atoms with Crippen LogP contribution in [0.25, 0.3) is 11.3 Å². The van der Waals surface area contributed by atoms with Crippen LogP contribution < -0.4 is 20.4 Å². The summed E-state index contributed by atoms with van der Waals surface area (Å²) in [6.07, 6.45) is 4.66. The van der Waals surface area contributed by atoms with Crippen LogP contribution in [0.3, 0.4) is 0 Å². The molecule has 3 aromatic heterocycles. The zero-order chi connectivity index (χ0) is 23.1. The molecule has 5 heterocycles. The first-order valence-electron chi connectivity index (χ1n) is 11.4. The average Bonchev–Trinajstić information content (AvgIpc) is 3.43. The standard InChI is InChI=1S/C25H29N7O/c1-15(2)31(4)24-10-17-19(22(30-24)12-26-3)14-32(25(17)33)23-7-5-6-20(29-23)18-11-27-13-21-16(18)8-9-28-21/h5-7,10-11,13,15,26,28H,8-9,12,14H2,1-4H3. The maximum Gasteiger partial charge on any atom is 0.260 e. The van der Waals surface area contributed by atoms with Crippen molar-refractivity contribution in [3.8, 4) is 11.3 Å². The van der Waals surface area contributed by atoms with Crippen molar-refractivity contribution in [2.75, 3.05) is 35.8 Å². The van der Waals surface area contributed by atoms with Crippen molar-refractivity contribution in [2.24, 2.45) is 0 Å². The van der Waals surface area contributed by atoms with Gasteiger partial charge in [0.25, 0.3) is 5.91 Å². The summed E-state index contributed by atoms with van der Waals surface area (Å²) in [4.78, 5) is 31.5. The highest BCUT2D eigenvalue weighted by Gasteiger charge is 2.33. The minimum atomic E-state index is -0.0362. The Morgan fingerprint density at radius 3 is 2.82 bits per heavy atom. The molecule has 0 aromatic carbocycles. The third kappa shape index (κ3) is 3.70. The Balaban J connectivity index is 1.52. The third-order valence-corrected chi connectivity index (χ3v) is 6.50. The van der Waals surface area contributed by atoms with E-state index in [1.165, 1.54) is 5.56 Å². The lowest BCUT2D eigenvalue weighted by molar-refractivity contribution is 0.0996. The molecule has 0 bridgehead atoms. The van der Waals surface area contributed by atoms with Gasteiger partial charge in [-0.2, -0.15) is 0 Å². The first-order valence-corrected chi connectivity index (χ1v) is 11.4. The fraction of sp³-hybridized carbons (Fsp3) is 0.360. The molecule has 3 aromatic rings. The van der Waals surface area contributed by atoms with Gasteiger partial charge < -0.3 is 15.5 Å². The van der Waals surface area contributed by atoms with Crippen LogP contribution in [0.2, 0.25) is 0 Å². The van der Waals surface area contributed by atoms with E-state index in [2.05, 4.69) is 34.4 Å². The van der Waals surface area contributed by atoms with Crippen LogP contribution in [0.4, 0.5) is 17.3 Å². The Morgan fingerprint density at radius 2 is 2.03 bits per heavy atom. The summed E-state index contributed by atoms with van der Waals surface area (Å²) >= 11 is 0. The number of pyridine rings is 3. The number of hydrogen-bond acceptors (Lipinski definition) is 7. The molecular weight excluding hydrogens is 414 g/mol. The number of rotatable bonds is 6. The normalized spacial score (nSPS) is 14.5. The molecular formula is C25H29N7O. The number of fused-ring (bicyclic) bond motifs is 2. The van der Waals surface area contributed by atoms with Gasteiger partial charge >= 0.3 is 0 Å². The fourth-order valence-electron chi connectivity index (χ4n) is 4.47. The fourth-order valence-corrected chi connectivity index (χ4v) is 4.47. The van der Waals surface area contributed by atoms with Gasteiger partial charge in [0.15, 0.2) is 0 Å². The van der Waals surface area contributed by atoms with E-state index in [4.69, 9.17) is 9.97 Å². The van der Waals surface area contributed by atoms with Gasteiger partial charge in [-0.15, -0.1) is 0 Å². The van der Waals surface area contributed by atoms with Gasteiger partial charge in [-0.25, -0.2) is 9.97 Å². The van der Waals surface area contributed by atoms with Crippen molar-refractivity contribution in [1.82, 2.24) is 20.3 Å². The molecule has 8 heteroatoms. The number of anilines is 3. The first kappa shape index (κ1) is 21.3. The minimum Gasteiger partial charge on any atom is -0.383 e. The highest BCUT2D eigenvalue weighted by atomic mass is 16.2. The molecule has 2 aliphatic rings. The predicted molar refractivity (Wildman–Crippen MR) is 131 cm³/mol. The molecule has 0 radical (unpaired) electrons. The molecule has 0 unspecified atom stereocenters. The Morgan fingerprint density at radius 1 is 1.18 bits per heavy atom. The van der Waals surface area contributed by atoms with Crippen LogP contribution in [-0.2, 0) is 19.5 Å². The Bertz CT molecular complexity index is 1220. The molecule has 1 amide bonds. The first-order chi connectivity index (χ1) is 16.0. The van der Waals surface area contributed by atoms with Gasteiger partial charge in [-0.1, -0.05) is 6.07 Å². The van der Waals surface area contributed by atoms with Gasteiger partial charge in [0.2, 0.25) is 0 Å². The Kier molecular flexibility index (Phi) is 5.46. The Hall–Kier alpha value is -3.52. The molecule has 0 spiro atoms. The van der Waals surface area contributed by atoms with Crippen LogP contribution in [0.1, 0.15) is 41.0 Å². The van der Waals surface area contributed by atoms with Gasteiger partial charge in [-0.05, 0) is 51.1 Å². The third-order valence-electron chi connectivity index (χ3n) is 6.50. The second-order valence-electron chi connectivity index (χ2n) is 8.85. The quantitative estimate of drug-likeness (QED) is 0.605. The molecule has 2 aliphatic heterocycles. The van der Waals surface area contributed by atoms with Crippen molar-refractivity contribution >= 4 is 23.2 Å². The summed E-state index contributed by atoms with van der Waals surface area (Å²) in [7, 11) is 3.90. The summed E-state index contributed by atoms with van der Waals surface area (Å²) in [5.41, 5.74) is 6.72. The molecule has 170 valence electrons. The molecule has 5 rings (SSSR count). The van der Waals surface area contributed by atoms with Crippen LogP contribution in [0.5, 0.6) is 0 Å². The van der Waals surface area contributed by atoms with E-state index in [9.17, 15) is 4.79 Å². The van der Waals surface area contributed by atoms with Crippen molar-refractivity contribution in [3.05, 3.63) is 59.0 Å². The number of carbonyl (C=O) groups is 1. The molecule has 0 saturated heterocycles. The maximum atomic E-state index is 13.5. The number of hydrogen-bond donors (Lipinski definition) is 2. The van der Waals surface area contributed by atoms with Gasteiger partial charge in [0.1, 0.15) is 11.6 Å². The summed E-state index contributed by atoms with van der Waals surface area (Å²) in [6, 6.07) is 8.03. The lowest BCUT2D eigenvalue weighted by Crippen LogP contribution is -2.27. The lowest BCUT2D eigenvalue weighted by Gasteiger charge is -2.24. The van der Waals surface area contributed by atoms with E-state index in [0.29, 0.717) is 24.5 Å².